The second-order valence-corrected chi connectivity index (χ2v) is 4.98. The number of aliphatic imine (C=N–C) groups is 1. The molecule has 2 fully saturated rings. The number of hydrogen-bond donors (Lipinski definition) is 0. The van der Waals surface area contributed by atoms with Gasteiger partial charge < -0.3 is 0 Å². The fourth-order valence-corrected chi connectivity index (χ4v) is 2.87. The van der Waals surface area contributed by atoms with Gasteiger partial charge in [-0.05, 0) is 17.7 Å². The smallest absolute Gasteiger partial charge is 0.0995 e. The van der Waals surface area contributed by atoms with E-state index in [9.17, 15) is 0 Å². The fraction of sp³-hybridized carbons (Fsp3) is 0.188. The van der Waals surface area contributed by atoms with E-state index in [1.54, 1.807) is 0 Å². The number of nitrogens with zero attached hydrogens (tertiary/aromatic N) is 2. The van der Waals surface area contributed by atoms with E-state index in [1.165, 1.54) is 11.3 Å². The summed E-state index contributed by atoms with van der Waals surface area (Å²) in [7, 11) is 0. The molecule has 2 atom stereocenters. The Morgan fingerprint density at radius 2 is 1.56 bits per heavy atom. The Balaban J connectivity index is 1.71. The van der Waals surface area contributed by atoms with E-state index in [2.05, 4.69) is 47.4 Å². The molecule has 2 aliphatic heterocycles. The van der Waals surface area contributed by atoms with Crippen LogP contribution in [0.5, 0.6) is 0 Å². The second-order valence-electron chi connectivity index (χ2n) is 4.98. The molecule has 2 aromatic carbocycles. The zero-order valence-corrected chi connectivity index (χ0v) is 10.1. The molecule has 0 radical (unpaired) electrons. The van der Waals surface area contributed by atoms with Crippen LogP contribution >= 0.6 is 0 Å². The van der Waals surface area contributed by atoms with Crippen molar-refractivity contribution in [1.29, 1.82) is 0 Å². The number of benzene rings is 2. The average molecular weight is 234 g/mol. The molecular weight excluding hydrogens is 220 g/mol. The highest BCUT2D eigenvalue weighted by molar-refractivity contribution is 6.06. The monoisotopic (exact) mass is 234 g/mol. The molecule has 0 amide bonds. The lowest BCUT2D eigenvalue weighted by Crippen LogP contribution is -2.42. The van der Waals surface area contributed by atoms with Crippen molar-refractivity contribution in [3.05, 3.63) is 66.2 Å². The molecule has 2 aromatic rings. The van der Waals surface area contributed by atoms with E-state index in [4.69, 9.17) is 4.99 Å². The van der Waals surface area contributed by atoms with Crippen molar-refractivity contribution in [3.63, 3.8) is 0 Å². The molecule has 2 heteroatoms. The highest BCUT2D eigenvalue weighted by Crippen LogP contribution is 2.52. The topological polar surface area (TPSA) is 15.4 Å². The summed E-state index contributed by atoms with van der Waals surface area (Å²) in [6.45, 7) is 2.15. The predicted octanol–water partition coefficient (Wildman–Crippen LogP) is 2.98. The molecule has 2 nitrogen and oxygen atoms in total. The van der Waals surface area contributed by atoms with E-state index in [0.717, 1.165) is 18.8 Å². The van der Waals surface area contributed by atoms with Crippen molar-refractivity contribution in [2.45, 2.75) is 5.54 Å². The van der Waals surface area contributed by atoms with Gasteiger partial charge in [0.25, 0.3) is 0 Å². The van der Waals surface area contributed by atoms with Crippen LogP contribution in [0.1, 0.15) is 5.56 Å². The van der Waals surface area contributed by atoms with Crippen molar-refractivity contribution >= 4 is 11.4 Å². The van der Waals surface area contributed by atoms with Crippen LogP contribution in [0.15, 0.2) is 65.7 Å². The van der Waals surface area contributed by atoms with Crippen LogP contribution in [-0.2, 0) is 5.54 Å². The highest BCUT2D eigenvalue weighted by Gasteiger charge is 2.65. The molecule has 0 bridgehead atoms. The minimum atomic E-state index is 0.136. The molecule has 2 aliphatic rings. The molecule has 0 aromatic heterocycles. The first kappa shape index (κ1) is 10.0. The van der Waals surface area contributed by atoms with Crippen LogP contribution in [0.4, 0.5) is 5.69 Å². The zero-order valence-electron chi connectivity index (χ0n) is 10.1. The molecule has 0 spiro atoms. The first-order chi connectivity index (χ1) is 8.89. The molecule has 0 saturated carbocycles. The van der Waals surface area contributed by atoms with Crippen molar-refractivity contribution in [1.82, 2.24) is 4.90 Å². The Labute approximate surface area is 107 Å². The summed E-state index contributed by atoms with van der Waals surface area (Å²) >= 11 is 0. The van der Waals surface area contributed by atoms with Crippen molar-refractivity contribution in [2.24, 2.45) is 4.99 Å². The molecule has 2 heterocycles. The third kappa shape index (κ3) is 1.30. The van der Waals surface area contributed by atoms with Gasteiger partial charge in [-0.25, -0.2) is 0 Å². The summed E-state index contributed by atoms with van der Waals surface area (Å²) in [5.41, 5.74) is 3.89. The Morgan fingerprint density at radius 1 is 0.889 bits per heavy atom. The van der Waals surface area contributed by atoms with E-state index in [-0.39, 0.29) is 5.54 Å². The van der Waals surface area contributed by atoms with Gasteiger partial charge in [-0.1, -0.05) is 48.5 Å². The number of rotatable bonds is 2. The first-order valence-corrected chi connectivity index (χ1v) is 6.33. The summed E-state index contributed by atoms with van der Waals surface area (Å²) in [5, 5.41) is 0. The average Bonchev–Trinajstić information content (AvgIpc) is 3.05. The lowest BCUT2D eigenvalue weighted by Gasteiger charge is -2.29. The summed E-state index contributed by atoms with van der Waals surface area (Å²) in [4.78, 5) is 7.27. The van der Waals surface area contributed by atoms with Crippen molar-refractivity contribution < 1.29 is 0 Å². The lowest BCUT2D eigenvalue weighted by atomic mass is 9.89. The molecular formula is C16H14N2. The van der Waals surface area contributed by atoms with Crippen LogP contribution in [-0.4, -0.2) is 23.7 Å². The van der Waals surface area contributed by atoms with Gasteiger partial charge in [0.1, 0.15) is 0 Å². The van der Waals surface area contributed by atoms with Crippen LogP contribution in [0.25, 0.3) is 0 Å². The molecule has 2 saturated heterocycles. The molecule has 4 rings (SSSR count). The second kappa shape index (κ2) is 3.53. The number of fused-ring (bicyclic) bond motifs is 1. The van der Waals surface area contributed by atoms with Gasteiger partial charge in [0, 0.05) is 13.1 Å². The number of para-hydroxylation sites is 1. The van der Waals surface area contributed by atoms with Gasteiger partial charge in [0.2, 0.25) is 0 Å². The van der Waals surface area contributed by atoms with Gasteiger partial charge in [0.15, 0.2) is 0 Å². The van der Waals surface area contributed by atoms with Crippen LogP contribution < -0.4 is 0 Å². The third-order valence-electron chi connectivity index (χ3n) is 3.95. The van der Waals surface area contributed by atoms with Crippen LogP contribution in [0.3, 0.4) is 0 Å². The SMILES string of the molecule is c1ccc(N=C2CN3CC23c2ccccc2)cc1. The zero-order chi connectivity index (χ0) is 12.0. The number of hydrogen-bond acceptors (Lipinski definition) is 2. The van der Waals surface area contributed by atoms with Gasteiger partial charge in [0.05, 0.1) is 16.9 Å². The van der Waals surface area contributed by atoms with Gasteiger partial charge >= 0.3 is 0 Å². The summed E-state index contributed by atoms with van der Waals surface area (Å²) in [6, 6.07) is 20.9. The van der Waals surface area contributed by atoms with Crippen LogP contribution in [0, 0.1) is 0 Å². The van der Waals surface area contributed by atoms with Crippen molar-refractivity contribution in [3.8, 4) is 0 Å². The summed E-state index contributed by atoms with van der Waals surface area (Å²) in [6.07, 6.45) is 0. The summed E-state index contributed by atoms with van der Waals surface area (Å²) < 4.78 is 0. The van der Waals surface area contributed by atoms with E-state index in [0.29, 0.717) is 0 Å². The quantitative estimate of drug-likeness (QED) is 0.729. The lowest BCUT2D eigenvalue weighted by molar-refractivity contribution is 0.465. The highest BCUT2D eigenvalue weighted by atomic mass is 15.4. The fourth-order valence-electron chi connectivity index (χ4n) is 2.87. The van der Waals surface area contributed by atoms with Crippen LogP contribution in [0.2, 0.25) is 0 Å². The largest absolute Gasteiger partial charge is 0.279 e. The minimum Gasteiger partial charge on any atom is -0.279 e. The maximum atomic E-state index is 4.81. The summed E-state index contributed by atoms with van der Waals surface area (Å²) in [5.74, 6) is 0. The molecule has 88 valence electrons. The normalized spacial score (nSPS) is 30.7. The molecule has 18 heavy (non-hydrogen) atoms. The first-order valence-electron chi connectivity index (χ1n) is 6.33. The maximum absolute atomic E-state index is 4.81. The van der Waals surface area contributed by atoms with Gasteiger partial charge in [-0.15, -0.1) is 0 Å². The molecule has 0 N–H and O–H groups in total. The van der Waals surface area contributed by atoms with E-state index in [1.807, 2.05) is 18.2 Å². The van der Waals surface area contributed by atoms with E-state index >= 15 is 0 Å². The van der Waals surface area contributed by atoms with E-state index < -0.39 is 0 Å². The standard InChI is InChI=1S/C16H14N2/c1-3-7-13(8-4-1)16-12-18(16)11-15(16)17-14-9-5-2-6-10-14/h1-10H,11-12H2. The Bertz CT molecular complexity index is 604. The Morgan fingerprint density at radius 3 is 2.17 bits per heavy atom. The van der Waals surface area contributed by atoms with Crippen molar-refractivity contribution in [2.75, 3.05) is 13.1 Å². The predicted molar refractivity (Wildman–Crippen MR) is 73.2 cm³/mol. The third-order valence-corrected chi connectivity index (χ3v) is 3.95. The van der Waals surface area contributed by atoms with Gasteiger partial charge in [-0.3, -0.25) is 9.89 Å². The van der Waals surface area contributed by atoms with Gasteiger partial charge in [-0.2, -0.15) is 0 Å². The molecule has 2 unspecified atom stereocenters. The Hall–Kier alpha value is -1.93. The maximum Gasteiger partial charge on any atom is 0.0995 e. The minimum absolute atomic E-state index is 0.136. The Kier molecular flexibility index (Phi) is 1.97. The molecule has 0 aliphatic carbocycles.